The topological polar surface area (TPSA) is 96.5 Å². The minimum atomic E-state index is -0.568. The number of benzene rings is 4. The summed E-state index contributed by atoms with van der Waals surface area (Å²) in [6.07, 6.45) is 1.47. The molecule has 0 spiro atoms. The van der Waals surface area contributed by atoms with Gasteiger partial charge in [-0.05, 0) is 67.1 Å². The predicted octanol–water partition coefficient (Wildman–Crippen LogP) is 7.53. The van der Waals surface area contributed by atoms with E-state index in [1.807, 2.05) is 6.07 Å². The van der Waals surface area contributed by atoms with Crippen LogP contribution in [-0.4, -0.2) is 30.1 Å². The van der Waals surface area contributed by atoms with Gasteiger partial charge in [0.05, 0.1) is 22.4 Å². The highest BCUT2D eigenvalue weighted by Crippen LogP contribution is 2.29. The van der Waals surface area contributed by atoms with E-state index in [0.29, 0.717) is 33.3 Å². The smallest absolute Gasteiger partial charge is 0.272 e. The van der Waals surface area contributed by atoms with Crippen LogP contribution in [0.15, 0.2) is 108 Å². The summed E-state index contributed by atoms with van der Waals surface area (Å²) in [5.41, 5.74) is 1.92. The SMILES string of the molecule is COc1cccc(NC(=O)C(C)Sc2cccc(NC(=O)/C(=C\c3cccc(Cl)c3Cl)NC(=O)c3ccccc3)c2)c1. The van der Waals surface area contributed by atoms with E-state index in [4.69, 9.17) is 27.9 Å². The lowest BCUT2D eigenvalue weighted by molar-refractivity contribution is -0.115. The van der Waals surface area contributed by atoms with Crippen LogP contribution in [0, 0.1) is 0 Å². The average molecular weight is 621 g/mol. The summed E-state index contributed by atoms with van der Waals surface area (Å²) < 4.78 is 5.21. The number of methoxy groups -OCH3 is 1. The molecule has 0 radical (unpaired) electrons. The van der Waals surface area contributed by atoms with Crippen LogP contribution in [0.1, 0.15) is 22.8 Å². The maximum atomic E-state index is 13.4. The molecule has 3 N–H and O–H groups in total. The van der Waals surface area contributed by atoms with Crippen LogP contribution in [0.4, 0.5) is 11.4 Å². The number of anilines is 2. The van der Waals surface area contributed by atoms with Crippen LogP contribution in [0.2, 0.25) is 10.0 Å². The van der Waals surface area contributed by atoms with E-state index in [2.05, 4.69) is 16.0 Å². The van der Waals surface area contributed by atoms with Gasteiger partial charge in [0.1, 0.15) is 11.4 Å². The Hall–Kier alpha value is -4.24. The van der Waals surface area contributed by atoms with Gasteiger partial charge >= 0.3 is 0 Å². The van der Waals surface area contributed by atoms with E-state index < -0.39 is 17.1 Å². The summed E-state index contributed by atoms with van der Waals surface area (Å²) in [4.78, 5) is 39.9. The van der Waals surface area contributed by atoms with Gasteiger partial charge in [-0.2, -0.15) is 0 Å². The molecule has 7 nitrogen and oxygen atoms in total. The summed E-state index contributed by atoms with van der Waals surface area (Å²) >= 11 is 13.9. The third kappa shape index (κ3) is 8.39. The Kier molecular flexibility index (Phi) is 10.7. The van der Waals surface area contributed by atoms with Gasteiger partial charge in [-0.25, -0.2) is 0 Å². The molecule has 0 saturated carbocycles. The van der Waals surface area contributed by atoms with Gasteiger partial charge in [-0.1, -0.05) is 65.7 Å². The number of halogens is 2. The first-order valence-electron chi connectivity index (χ1n) is 12.8. The van der Waals surface area contributed by atoms with Crippen LogP contribution in [0.5, 0.6) is 5.75 Å². The fraction of sp³-hybridized carbons (Fsp3) is 0.0938. The van der Waals surface area contributed by atoms with Crippen molar-refractivity contribution in [2.45, 2.75) is 17.1 Å². The molecule has 1 unspecified atom stereocenters. The molecule has 214 valence electrons. The van der Waals surface area contributed by atoms with E-state index in [-0.39, 0.29) is 16.6 Å². The highest BCUT2D eigenvalue weighted by molar-refractivity contribution is 8.00. The number of hydrogen-bond donors (Lipinski definition) is 3. The summed E-state index contributed by atoms with van der Waals surface area (Å²) in [5.74, 6) is -0.575. The van der Waals surface area contributed by atoms with Crippen LogP contribution < -0.4 is 20.7 Å². The Morgan fingerprint density at radius 3 is 2.26 bits per heavy atom. The lowest BCUT2D eigenvalue weighted by Gasteiger charge is -2.14. The minimum absolute atomic E-state index is 0.0305. The van der Waals surface area contributed by atoms with Gasteiger partial charge in [0.15, 0.2) is 0 Å². The molecule has 0 heterocycles. The van der Waals surface area contributed by atoms with Crippen LogP contribution in [0.3, 0.4) is 0 Å². The van der Waals surface area contributed by atoms with Crippen molar-refractivity contribution >= 4 is 70.1 Å². The van der Waals surface area contributed by atoms with Gasteiger partial charge in [0.25, 0.3) is 11.8 Å². The zero-order valence-corrected chi connectivity index (χ0v) is 25.0. The second-order valence-electron chi connectivity index (χ2n) is 8.98. The standard InChI is InChI=1S/C32H27Cl2N3O4S/c1-20(30(38)35-23-12-7-14-25(18-23)41-2)42-26-15-8-13-24(19-26)36-32(40)28(17-22-11-6-16-27(33)29(22)34)37-31(39)21-9-4-3-5-10-21/h3-20H,1-2H3,(H,35,38)(H,36,40)(H,37,39)/b28-17+. The molecule has 0 aromatic heterocycles. The van der Waals surface area contributed by atoms with Gasteiger partial charge < -0.3 is 20.7 Å². The molecule has 0 aliphatic rings. The first-order valence-corrected chi connectivity index (χ1v) is 14.4. The van der Waals surface area contributed by atoms with Gasteiger partial charge in [-0.3, -0.25) is 14.4 Å². The Labute approximate surface area is 258 Å². The third-order valence-corrected chi connectivity index (χ3v) is 7.85. The molecule has 4 rings (SSSR count). The normalized spacial score (nSPS) is 11.8. The van der Waals surface area contributed by atoms with Gasteiger partial charge in [0.2, 0.25) is 5.91 Å². The van der Waals surface area contributed by atoms with Crippen molar-refractivity contribution in [3.05, 3.63) is 124 Å². The molecule has 42 heavy (non-hydrogen) atoms. The number of rotatable bonds is 10. The van der Waals surface area contributed by atoms with Crippen molar-refractivity contribution in [1.82, 2.24) is 5.32 Å². The van der Waals surface area contributed by atoms with E-state index in [1.165, 1.54) is 17.8 Å². The largest absolute Gasteiger partial charge is 0.497 e. The zero-order chi connectivity index (χ0) is 30.1. The highest BCUT2D eigenvalue weighted by atomic mass is 35.5. The first kappa shape index (κ1) is 30.7. The van der Waals surface area contributed by atoms with Crippen molar-refractivity contribution in [3.63, 3.8) is 0 Å². The quantitative estimate of drug-likeness (QED) is 0.126. The Morgan fingerprint density at radius 2 is 1.52 bits per heavy atom. The molecule has 4 aromatic carbocycles. The Morgan fingerprint density at radius 1 is 0.833 bits per heavy atom. The molecule has 0 bridgehead atoms. The van der Waals surface area contributed by atoms with Crippen LogP contribution in [-0.2, 0) is 9.59 Å². The van der Waals surface area contributed by atoms with Crippen molar-refractivity contribution in [3.8, 4) is 5.75 Å². The second-order valence-corrected chi connectivity index (χ2v) is 11.2. The average Bonchev–Trinajstić information content (AvgIpc) is 2.99. The highest BCUT2D eigenvalue weighted by Gasteiger charge is 2.18. The van der Waals surface area contributed by atoms with Gasteiger partial charge in [-0.15, -0.1) is 11.8 Å². The van der Waals surface area contributed by atoms with E-state index in [1.54, 1.807) is 105 Å². The number of amides is 3. The summed E-state index contributed by atoms with van der Waals surface area (Å²) in [6.45, 7) is 1.79. The fourth-order valence-corrected chi connectivity index (χ4v) is 5.07. The molecule has 10 heteroatoms. The first-order chi connectivity index (χ1) is 20.2. The summed E-state index contributed by atoms with van der Waals surface area (Å²) in [5, 5.41) is 8.51. The molecule has 4 aromatic rings. The maximum absolute atomic E-state index is 13.4. The fourth-order valence-electron chi connectivity index (χ4n) is 3.78. The number of ether oxygens (including phenoxy) is 1. The summed E-state index contributed by atoms with van der Waals surface area (Å²) in [6, 6.07) is 27.7. The lowest BCUT2D eigenvalue weighted by Crippen LogP contribution is -2.30. The van der Waals surface area contributed by atoms with E-state index in [9.17, 15) is 14.4 Å². The number of hydrogen-bond acceptors (Lipinski definition) is 5. The van der Waals surface area contributed by atoms with E-state index >= 15 is 0 Å². The zero-order valence-electron chi connectivity index (χ0n) is 22.7. The van der Waals surface area contributed by atoms with Crippen LogP contribution >= 0.6 is 35.0 Å². The molecule has 0 aliphatic heterocycles. The molecule has 0 saturated heterocycles. The molecule has 3 amide bonds. The number of thioether (sulfide) groups is 1. The Bertz CT molecular complexity index is 1630. The molecule has 1 atom stereocenters. The maximum Gasteiger partial charge on any atom is 0.272 e. The molecule has 0 aliphatic carbocycles. The van der Waals surface area contributed by atoms with Crippen molar-refractivity contribution in [1.29, 1.82) is 0 Å². The lowest BCUT2D eigenvalue weighted by atomic mass is 10.1. The molecular formula is C32H27Cl2N3O4S. The number of carbonyl (C=O) groups is 3. The second kappa shape index (κ2) is 14.6. The predicted molar refractivity (Wildman–Crippen MR) is 170 cm³/mol. The van der Waals surface area contributed by atoms with Crippen LogP contribution in [0.25, 0.3) is 6.08 Å². The molecular weight excluding hydrogens is 593 g/mol. The van der Waals surface area contributed by atoms with Crippen molar-refractivity contribution < 1.29 is 19.1 Å². The number of nitrogens with one attached hydrogen (secondary N) is 3. The van der Waals surface area contributed by atoms with E-state index in [0.717, 1.165) is 4.90 Å². The third-order valence-electron chi connectivity index (χ3n) is 5.92. The minimum Gasteiger partial charge on any atom is -0.497 e. The molecule has 0 fully saturated rings. The van der Waals surface area contributed by atoms with Crippen molar-refractivity contribution in [2.75, 3.05) is 17.7 Å². The van der Waals surface area contributed by atoms with Crippen molar-refractivity contribution in [2.24, 2.45) is 0 Å². The number of carbonyl (C=O) groups excluding carboxylic acids is 3. The summed E-state index contributed by atoms with van der Waals surface area (Å²) in [7, 11) is 1.56. The van der Waals surface area contributed by atoms with Gasteiger partial charge in [0, 0.05) is 27.9 Å². The monoisotopic (exact) mass is 619 g/mol. The Balaban J connectivity index is 1.50.